The Hall–Kier alpha value is -6.96. The summed E-state index contributed by atoms with van der Waals surface area (Å²) in [4.78, 5) is 2.34. The van der Waals surface area contributed by atoms with Gasteiger partial charge in [0.05, 0.1) is 0 Å². The summed E-state index contributed by atoms with van der Waals surface area (Å²) in [6.07, 6.45) is 0. The Kier molecular flexibility index (Phi) is 8.66. The normalized spacial score (nSPS) is 11.0. The maximum atomic E-state index is 2.34. The number of benzene rings is 9. The van der Waals surface area contributed by atoms with Crippen LogP contribution in [0.1, 0.15) is 0 Å². The fourth-order valence-corrected chi connectivity index (χ4v) is 7.31. The number of hydrogen-bond donors (Lipinski definition) is 0. The molecule has 0 spiro atoms. The first-order valence-electron chi connectivity index (χ1n) is 18.2. The van der Waals surface area contributed by atoms with Gasteiger partial charge in [-0.05, 0) is 115 Å². The van der Waals surface area contributed by atoms with Crippen molar-refractivity contribution < 1.29 is 0 Å². The van der Waals surface area contributed by atoms with Gasteiger partial charge in [-0.25, -0.2) is 0 Å². The molecule has 0 aliphatic heterocycles. The standard InChI is InChI=1S/C52H37N/c1-4-12-38(13-5-1)40-24-30-48(31-25-40)53(49-32-26-41(27-33-49)39-14-6-2-7-15-39)50-34-28-42(29-35-50)44-20-21-46-37-47(23-22-45(46)36-44)52-19-11-10-18-51(52)43-16-8-3-9-17-43/h1-37H. The van der Waals surface area contributed by atoms with Gasteiger partial charge in [-0.2, -0.15) is 0 Å². The van der Waals surface area contributed by atoms with Crippen LogP contribution < -0.4 is 4.90 Å². The predicted octanol–water partition coefficient (Wildman–Crippen LogP) is 14.6. The quantitative estimate of drug-likeness (QED) is 0.155. The summed E-state index contributed by atoms with van der Waals surface area (Å²) in [6, 6.07) is 80.7. The van der Waals surface area contributed by atoms with Gasteiger partial charge < -0.3 is 4.90 Å². The molecule has 0 aliphatic carbocycles. The lowest BCUT2D eigenvalue weighted by atomic mass is 9.92. The average molecular weight is 676 g/mol. The third kappa shape index (κ3) is 6.65. The molecule has 250 valence electrons. The van der Waals surface area contributed by atoms with E-state index in [4.69, 9.17) is 0 Å². The van der Waals surface area contributed by atoms with E-state index in [0.29, 0.717) is 0 Å². The van der Waals surface area contributed by atoms with Gasteiger partial charge in [0.2, 0.25) is 0 Å². The summed E-state index contributed by atoms with van der Waals surface area (Å²) in [5.74, 6) is 0. The predicted molar refractivity (Wildman–Crippen MR) is 226 cm³/mol. The third-order valence-corrected chi connectivity index (χ3v) is 10.1. The minimum Gasteiger partial charge on any atom is -0.311 e. The van der Waals surface area contributed by atoms with Crippen LogP contribution in [0.2, 0.25) is 0 Å². The molecule has 1 heteroatoms. The van der Waals surface area contributed by atoms with Crippen molar-refractivity contribution in [2.75, 3.05) is 4.90 Å². The van der Waals surface area contributed by atoms with Crippen LogP contribution in [0, 0.1) is 0 Å². The third-order valence-electron chi connectivity index (χ3n) is 10.1. The van der Waals surface area contributed by atoms with Gasteiger partial charge in [-0.3, -0.25) is 0 Å². The van der Waals surface area contributed by atoms with E-state index in [2.05, 4.69) is 229 Å². The number of rotatable bonds is 8. The number of hydrogen-bond acceptors (Lipinski definition) is 1. The fourth-order valence-electron chi connectivity index (χ4n) is 7.31. The monoisotopic (exact) mass is 675 g/mol. The zero-order valence-electron chi connectivity index (χ0n) is 29.3. The highest BCUT2D eigenvalue weighted by Gasteiger charge is 2.14. The average Bonchev–Trinajstić information content (AvgIpc) is 3.25. The Balaban J connectivity index is 1.03. The van der Waals surface area contributed by atoms with Crippen LogP contribution in [0.3, 0.4) is 0 Å². The van der Waals surface area contributed by atoms with Crippen molar-refractivity contribution in [1.29, 1.82) is 0 Å². The van der Waals surface area contributed by atoms with Crippen LogP contribution in [-0.4, -0.2) is 0 Å². The number of fused-ring (bicyclic) bond motifs is 1. The molecule has 0 aromatic heterocycles. The van der Waals surface area contributed by atoms with Crippen molar-refractivity contribution in [3.05, 3.63) is 224 Å². The second-order valence-corrected chi connectivity index (χ2v) is 13.4. The van der Waals surface area contributed by atoms with Gasteiger partial charge in [-0.15, -0.1) is 0 Å². The van der Waals surface area contributed by atoms with Gasteiger partial charge in [0.25, 0.3) is 0 Å². The highest BCUT2D eigenvalue weighted by atomic mass is 15.1. The largest absolute Gasteiger partial charge is 0.311 e. The lowest BCUT2D eigenvalue weighted by molar-refractivity contribution is 1.28. The second-order valence-electron chi connectivity index (χ2n) is 13.4. The first-order valence-corrected chi connectivity index (χ1v) is 18.2. The van der Waals surface area contributed by atoms with Gasteiger partial charge >= 0.3 is 0 Å². The summed E-state index contributed by atoms with van der Waals surface area (Å²) in [6.45, 7) is 0. The minimum atomic E-state index is 1.11. The van der Waals surface area contributed by atoms with Crippen molar-refractivity contribution in [2.24, 2.45) is 0 Å². The van der Waals surface area contributed by atoms with Crippen molar-refractivity contribution >= 4 is 27.8 Å². The second kappa shape index (κ2) is 14.3. The molecule has 0 amide bonds. The van der Waals surface area contributed by atoms with Crippen LogP contribution in [0.5, 0.6) is 0 Å². The van der Waals surface area contributed by atoms with Crippen molar-refractivity contribution in [3.63, 3.8) is 0 Å². The SMILES string of the molecule is c1ccc(-c2ccc(N(c3ccc(-c4ccccc4)cc3)c3ccc(-c4ccc5cc(-c6ccccc6-c6ccccc6)ccc5c4)cc3)cc2)cc1. The molecule has 0 unspecified atom stereocenters. The molecule has 0 fully saturated rings. The minimum absolute atomic E-state index is 1.11. The summed E-state index contributed by atoms with van der Waals surface area (Å²) < 4.78 is 0. The maximum Gasteiger partial charge on any atom is 0.0462 e. The zero-order valence-corrected chi connectivity index (χ0v) is 29.3. The molecular weight excluding hydrogens is 639 g/mol. The molecule has 0 atom stereocenters. The van der Waals surface area contributed by atoms with Crippen LogP contribution in [0.25, 0.3) is 66.4 Å². The van der Waals surface area contributed by atoms with E-state index in [9.17, 15) is 0 Å². The van der Waals surface area contributed by atoms with Crippen LogP contribution >= 0.6 is 0 Å². The Morgan fingerprint density at radius 2 is 0.509 bits per heavy atom. The maximum absolute atomic E-state index is 2.34. The van der Waals surface area contributed by atoms with E-state index < -0.39 is 0 Å². The molecule has 0 radical (unpaired) electrons. The molecule has 1 nitrogen and oxygen atoms in total. The smallest absolute Gasteiger partial charge is 0.0462 e. The van der Waals surface area contributed by atoms with Crippen molar-refractivity contribution in [1.82, 2.24) is 0 Å². The van der Waals surface area contributed by atoms with Crippen molar-refractivity contribution in [2.45, 2.75) is 0 Å². The van der Waals surface area contributed by atoms with Gasteiger partial charge in [0.15, 0.2) is 0 Å². The number of anilines is 3. The Bertz CT molecular complexity index is 2530. The summed E-state index contributed by atoms with van der Waals surface area (Å²) in [7, 11) is 0. The highest BCUT2D eigenvalue weighted by Crippen LogP contribution is 2.39. The van der Waals surface area contributed by atoms with Gasteiger partial charge in [0, 0.05) is 17.1 Å². The summed E-state index contributed by atoms with van der Waals surface area (Å²) in [5.41, 5.74) is 15.5. The van der Waals surface area contributed by atoms with Crippen molar-refractivity contribution in [3.8, 4) is 55.6 Å². The zero-order chi connectivity index (χ0) is 35.4. The van der Waals surface area contributed by atoms with E-state index in [1.165, 1.54) is 66.4 Å². The molecule has 9 aromatic rings. The Labute approximate surface area is 311 Å². The molecule has 53 heavy (non-hydrogen) atoms. The van der Waals surface area contributed by atoms with E-state index in [0.717, 1.165) is 17.1 Å². The van der Waals surface area contributed by atoms with E-state index in [1.807, 2.05) is 0 Å². The first-order chi connectivity index (χ1) is 26.3. The lowest BCUT2D eigenvalue weighted by Gasteiger charge is -2.26. The molecule has 9 rings (SSSR count). The highest BCUT2D eigenvalue weighted by molar-refractivity contribution is 5.93. The lowest BCUT2D eigenvalue weighted by Crippen LogP contribution is -2.09. The number of nitrogens with zero attached hydrogens (tertiary/aromatic N) is 1. The van der Waals surface area contributed by atoms with Gasteiger partial charge in [0.1, 0.15) is 0 Å². The molecule has 9 aromatic carbocycles. The molecule has 0 heterocycles. The molecule has 0 bridgehead atoms. The molecular formula is C52H37N. The van der Waals surface area contributed by atoms with Crippen LogP contribution in [0.15, 0.2) is 224 Å². The topological polar surface area (TPSA) is 3.24 Å². The molecule has 0 aliphatic rings. The molecule has 0 saturated heterocycles. The summed E-state index contributed by atoms with van der Waals surface area (Å²) in [5, 5.41) is 2.46. The van der Waals surface area contributed by atoms with E-state index >= 15 is 0 Å². The Morgan fingerprint density at radius 1 is 0.208 bits per heavy atom. The van der Waals surface area contributed by atoms with Crippen LogP contribution in [0.4, 0.5) is 17.1 Å². The molecule has 0 saturated carbocycles. The van der Waals surface area contributed by atoms with Gasteiger partial charge in [-0.1, -0.05) is 176 Å². The van der Waals surface area contributed by atoms with E-state index in [-0.39, 0.29) is 0 Å². The van der Waals surface area contributed by atoms with E-state index in [1.54, 1.807) is 0 Å². The molecule has 0 N–H and O–H groups in total. The fraction of sp³-hybridized carbons (Fsp3) is 0. The summed E-state index contributed by atoms with van der Waals surface area (Å²) >= 11 is 0. The first kappa shape index (κ1) is 32.0. The van der Waals surface area contributed by atoms with Crippen LogP contribution in [-0.2, 0) is 0 Å². The Morgan fingerprint density at radius 3 is 0.962 bits per heavy atom.